The minimum atomic E-state index is -3.90. The normalized spacial score (nSPS) is 14.6. The fourth-order valence-electron chi connectivity index (χ4n) is 3.54. The molecule has 3 aromatic rings. The number of anilines is 2. The molecule has 0 saturated carbocycles. The van der Waals surface area contributed by atoms with E-state index in [0.29, 0.717) is 0 Å². The maximum atomic E-state index is 13.2. The molecular formula is C22H21ClF2N4O2S. The van der Waals surface area contributed by atoms with Gasteiger partial charge in [-0.3, -0.25) is 0 Å². The maximum absolute atomic E-state index is 13.2. The number of piperazine rings is 1. The van der Waals surface area contributed by atoms with E-state index in [2.05, 4.69) is 19.5 Å². The van der Waals surface area contributed by atoms with E-state index in [4.69, 9.17) is 11.6 Å². The summed E-state index contributed by atoms with van der Waals surface area (Å²) in [5.74, 6) is -0.113. The summed E-state index contributed by atoms with van der Waals surface area (Å²) < 4.78 is 53.9. The third kappa shape index (κ3) is 5.17. The Labute approximate surface area is 190 Å². The van der Waals surface area contributed by atoms with Crippen LogP contribution in [0.4, 0.5) is 20.3 Å². The lowest BCUT2D eigenvalue weighted by atomic mass is 10.2. The van der Waals surface area contributed by atoms with Crippen molar-refractivity contribution in [2.24, 2.45) is 0 Å². The van der Waals surface area contributed by atoms with Gasteiger partial charge < -0.3 is 9.80 Å². The zero-order chi connectivity index (χ0) is 22.7. The minimum Gasteiger partial charge on any atom is -0.368 e. The second-order valence-corrected chi connectivity index (χ2v) is 9.51. The minimum absolute atomic E-state index is 0.0428. The molecule has 0 unspecified atom stereocenters. The summed E-state index contributed by atoms with van der Waals surface area (Å²) in [6.07, 6.45) is 1.64. The van der Waals surface area contributed by atoms with Crippen molar-refractivity contribution in [1.29, 1.82) is 0 Å². The van der Waals surface area contributed by atoms with Crippen LogP contribution in [0.2, 0.25) is 5.02 Å². The number of pyridine rings is 1. The van der Waals surface area contributed by atoms with Crippen LogP contribution in [0.15, 0.2) is 65.7 Å². The quantitative estimate of drug-likeness (QED) is 0.583. The zero-order valence-electron chi connectivity index (χ0n) is 17.0. The molecule has 168 valence electrons. The van der Waals surface area contributed by atoms with Crippen LogP contribution in [-0.2, 0) is 16.6 Å². The molecule has 2 heterocycles. The van der Waals surface area contributed by atoms with Gasteiger partial charge in [0.05, 0.1) is 5.02 Å². The highest BCUT2D eigenvalue weighted by atomic mass is 35.5. The Kier molecular flexibility index (Phi) is 6.59. The monoisotopic (exact) mass is 478 g/mol. The van der Waals surface area contributed by atoms with Gasteiger partial charge in [0.1, 0.15) is 22.3 Å². The third-order valence-corrected chi connectivity index (χ3v) is 7.14. The van der Waals surface area contributed by atoms with Crippen molar-refractivity contribution >= 4 is 33.1 Å². The Morgan fingerprint density at radius 1 is 0.906 bits per heavy atom. The lowest BCUT2D eigenvalue weighted by molar-refractivity contribution is 0.580. The lowest BCUT2D eigenvalue weighted by Gasteiger charge is -2.36. The van der Waals surface area contributed by atoms with Crippen LogP contribution in [0.25, 0.3) is 0 Å². The first-order chi connectivity index (χ1) is 15.3. The fraction of sp³-hybridized carbons (Fsp3) is 0.227. The second-order valence-electron chi connectivity index (χ2n) is 7.37. The van der Waals surface area contributed by atoms with E-state index in [1.807, 2.05) is 6.07 Å². The van der Waals surface area contributed by atoms with Crippen LogP contribution in [0.5, 0.6) is 0 Å². The number of aromatic nitrogens is 1. The van der Waals surface area contributed by atoms with Crippen molar-refractivity contribution in [3.05, 3.63) is 83.0 Å². The van der Waals surface area contributed by atoms with Crippen LogP contribution in [0.3, 0.4) is 0 Å². The van der Waals surface area contributed by atoms with E-state index in [-0.39, 0.29) is 22.3 Å². The molecule has 1 aliphatic rings. The van der Waals surface area contributed by atoms with Crippen molar-refractivity contribution in [2.45, 2.75) is 11.4 Å². The molecule has 2 aromatic carbocycles. The predicted molar refractivity (Wildman–Crippen MR) is 120 cm³/mol. The molecular weight excluding hydrogens is 458 g/mol. The van der Waals surface area contributed by atoms with Gasteiger partial charge in [0.15, 0.2) is 0 Å². The molecule has 1 saturated heterocycles. The van der Waals surface area contributed by atoms with Gasteiger partial charge in [-0.05, 0) is 60.2 Å². The summed E-state index contributed by atoms with van der Waals surface area (Å²) >= 11 is 5.89. The first-order valence-electron chi connectivity index (χ1n) is 9.97. The topological polar surface area (TPSA) is 65.5 Å². The Hall–Kier alpha value is -2.75. The largest absolute Gasteiger partial charge is 0.368 e. The van der Waals surface area contributed by atoms with Gasteiger partial charge in [-0.15, -0.1) is 0 Å². The summed E-state index contributed by atoms with van der Waals surface area (Å²) in [7, 11) is -3.90. The van der Waals surface area contributed by atoms with Crippen LogP contribution in [-0.4, -0.2) is 39.6 Å². The van der Waals surface area contributed by atoms with Crippen molar-refractivity contribution in [1.82, 2.24) is 9.71 Å². The van der Waals surface area contributed by atoms with E-state index >= 15 is 0 Å². The van der Waals surface area contributed by atoms with Crippen molar-refractivity contribution < 1.29 is 17.2 Å². The highest BCUT2D eigenvalue weighted by molar-refractivity contribution is 7.89. The molecule has 0 aliphatic carbocycles. The summed E-state index contributed by atoms with van der Waals surface area (Å²) in [6.45, 7) is 3.01. The Bertz CT molecular complexity index is 1200. The molecule has 32 heavy (non-hydrogen) atoms. The van der Waals surface area contributed by atoms with Gasteiger partial charge in [0, 0.05) is 44.6 Å². The standard InChI is InChI=1S/C22H21ClF2N4O2S/c23-20-14-18(25)3-6-21(20)32(30,31)27-15-16-7-8-26-22(13-16)29-11-9-28(10-12-29)19-4-1-17(24)2-5-19/h1-8,13-14,27H,9-12,15H2. The Morgan fingerprint density at radius 2 is 1.56 bits per heavy atom. The summed E-state index contributed by atoms with van der Waals surface area (Å²) in [5, 5.41) is -0.174. The van der Waals surface area contributed by atoms with E-state index < -0.39 is 15.8 Å². The molecule has 0 bridgehead atoms. The molecule has 0 atom stereocenters. The number of benzene rings is 2. The van der Waals surface area contributed by atoms with Crippen LogP contribution >= 0.6 is 11.6 Å². The summed E-state index contributed by atoms with van der Waals surface area (Å²) in [4.78, 5) is 8.54. The van der Waals surface area contributed by atoms with Crippen LogP contribution in [0.1, 0.15) is 5.56 Å². The highest BCUT2D eigenvalue weighted by Crippen LogP contribution is 2.23. The van der Waals surface area contributed by atoms with Gasteiger partial charge in [-0.25, -0.2) is 26.9 Å². The molecule has 1 fully saturated rings. The molecule has 1 aliphatic heterocycles. The second kappa shape index (κ2) is 9.40. The molecule has 1 aromatic heterocycles. The van der Waals surface area contributed by atoms with Gasteiger partial charge in [0.25, 0.3) is 0 Å². The van der Waals surface area contributed by atoms with E-state index in [1.165, 1.54) is 12.1 Å². The smallest absolute Gasteiger partial charge is 0.242 e. The zero-order valence-corrected chi connectivity index (χ0v) is 18.6. The molecule has 1 N–H and O–H groups in total. The molecule has 10 heteroatoms. The average molecular weight is 479 g/mol. The molecule has 4 rings (SSSR count). The van der Waals surface area contributed by atoms with E-state index in [0.717, 1.165) is 61.4 Å². The maximum Gasteiger partial charge on any atom is 0.242 e. The molecule has 0 spiro atoms. The Balaban J connectivity index is 1.39. The lowest BCUT2D eigenvalue weighted by Crippen LogP contribution is -2.46. The van der Waals surface area contributed by atoms with Crippen molar-refractivity contribution in [3.63, 3.8) is 0 Å². The summed E-state index contributed by atoms with van der Waals surface area (Å²) in [5.41, 5.74) is 1.71. The Morgan fingerprint density at radius 3 is 2.25 bits per heavy atom. The van der Waals surface area contributed by atoms with Crippen LogP contribution in [0, 0.1) is 11.6 Å². The number of nitrogens with zero attached hydrogens (tertiary/aromatic N) is 3. The first-order valence-corrected chi connectivity index (χ1v) is 11.8. The average Bonchev–Trinajstić information content (AvgIpc) is 2.78. The van der Waals surface area contributed by atoms with Crippen molar-refractivity contribution in [3.8, 4) is 0 Å². The number of sulfonamides is 1. The number of halogens is 3. The molecule has 0 amide bonds. The van der Waals surface area contributed by atoms with E-state index in [1.54, 1.807) is 24.4 Å². The number of nitrogens with one attached hydrogen (secondary N) is 1. The highest BCUT2D eigenvalue weighted by Gasteiger charge is 2.20. The van der Waals surface area contributed by atoms with Gasteiger partial charge in [0.2, 0.25) is 10.0 Å². The first kappa shape index (κ1) is 22.4. The van der Waals surface area contributed by atoms with Crippen molar-refractivity contribution in [2.75, 3.05) is 36.0 Å². The number of hydrogen-bond acceptors (Lipinski definition) is 5. The predicted octanol–water partition coefficient (Wildman–Crippen LogP) is 3.82. The number of rotatable bonds is 6. The van der Waals surface area contributed by atoms with Gasteiger partial charge in [-0.1, -0.05) is 11.6 Å². The summed E-state index contributed by atoms with van der Waals surface area (Å²) in [6, 6.07) is 13.2. The van der Waals surface area contributed by atoms with Gasteiger partial charge in [-0.2, -0.15) is 0 Å². The van der Waals surface area contributed by atoms with E-state index in [9.17, 15) is 17.2 Å². The van der Waals surface area contributed by atoms with Crippen LogP contribution < -0.4 is 14.5 Å². The third-order valence-electron chi connectivity index (χ3n) is 5.26. The molecule has 6 nitrogen and oxygen atoms in total. The fourth-order valence-corrected chi connectivity index (χ4v) is 5.09. The SMILES string of the molecule is O=S(=O)(NCc1ccnc(N2CCN(c3ccc(F)cc3)CC2)c1)c1ccc(F)cc1Cl. The molecule has 0 radical (unpaired) electrons. The van der Waals surface area contributed by atoms with Gasteiger partial charge >= 0.3 is 0 Å². The number of hydrogen-bond donors (Lipinski definition) is 1.